The number of carbonyl (C=O) groups excluding carboxylic acids is 1. The number of nitrogens with zero attached hydrogens (tertiary/aromatic N) is 1. The molecule has 1 atom stereocenters. The minimum atomic E-state index is -1.10. The molecule has 126 valence electrons. The number of nitro groups is 1. The molecule has 0 saturated carbocycles. The number of nitro benzene ring substituents is 1. The van der Waals surface area contributed by atoms with E-state index < -0.39 is 22.8 Å². The summed E-state index contributed by atoms with van der Waals surface area (Å²) < 4.78 is 5.22. The minimum Gasteiger partial charge on any atom is -0.486 e. The Morgan fingerprint density at radius 2 is 2.17 bits per heavy atom. The van der Waals surface area contributed by atoms with Crippen molar-refractivity contribution in [1.82, 2.24) is 5.32 Å². The van der Waals surface area contributed by atoms with Crippen molar-refractivity contribution in [3.05, 3.63) is 33.3 Å². The van der Waals surface area contributed by atoms with E-state index in [1.165, 1.54) is 12.1 Å². The molecular weight excluding hydrogens is 328 g/mol. The molecule has 9 heteroatoms. The van der Waals surface area contributed by atoms with Crippen molar-refractivity contribution in [2.45, 2.75) is 32.2 Å². The zero-order valence-corrected chi connectivity index (χ0v) is 13.2. The standard InChI is InChI=1S/C14H17ClN2O6/c1-2-3-10(14(19)20)16-13(18)6-7-23-12-5-4-9(15)8-11(12)17(21)22/h4-5,8,10H,2-3,6-7H2,1H3,(H,16,18)(H,19,20). The summed E-state index contributed by atoms with van der Waals surface area (Å²) in [6, 6.07) is 2.98. The van der Waals surface area contributed by atoms with Crippen LogP contribution in [0.5, 0.6) is 5.75 Å². The number of carbonyl (C=O) groups is 2. The molecule has 23 heavy (non-hydrogen) atoms. The van der Waals surface area contributed by atoms with Gasteiger partial charge in [-0.3, -0.25) is 14.9 Å². The molecule has 8 nitrogen and oxygen atoms in total. The summed E-state index contributed by atoms with van der Waals surface area (Å²) >= 11 is 5.68. The lowest BCUT2D eigenvalue weighted by Gasteiger charge is -2.13. The number of hydrogen-bond acceptors (Lipinski definition) is 5. The molecule has 1 unspecified atom stereocenters. The van der Waals surface area contributed by atoms with Crippen LogP contribution >= 0.6 is 11.6 Å². The third kappa shape index (κ3) is 6.11. The summed E-state index contributed by atoms with van der Waals surface area (Å²) in [6.45, 7) is 1.69. The van der Waals surface area contributed by atoms with Crippen LogP contribution in [0.4, 0.5) is 5.69 Å². The zero-order valence-electron chi connectivity index (χ0n) is 12.5. The third-order valence-corrected chi connectivity index (χ3v) is 3.15. The number of benzene rings is 1. The fourth-order valence-corrected chi connectivity index (χ4v) is 1.99. The first-order valence-corrected chi connectivity index (χ1v) is 7.31. The molecule has 0 spiro atoms. The average molecular weight is 345 g/mol. The van der Waals surface area contributed by atoms with E-state index in [0.29, 0.717) is 12.8 Å². The third-order valence-electron chi connectivity index (χ3n) is 2.92. The van der Waals surface area contributed by atoms with E-state index in [-0.39, 0.29) is 29.5 Å². The predicted octanol–water partition coefficient (Wildman–Crippen LogP) is 2.39. The maximum absolute atomic E-state index is 11.7. The molecule has 0 aliphatic heterocycles. The summed E-state index contributed by atoms with van der Waals surface area (Å²) in [5, 5.41) is 22.4. The van der Waals surface area contributed by atoms with Gasteiger partial charge < -0.3 is 15.2 Å². The fraction of sp³-hybridized carbons (Fsp3) is 0.429. The van der Waals surface area contributed by atoms with Gasteiger partial charge >= 0.3 is 11.7 Å². The van der Waals surface area contributed by atoms with Crippen LogP contribution < -0.4 is 10.1 Å². The Hall–Kier alpha value is -2.35. The maximum Gasteiger partial charge on any atom is 0.326 e. The second-order valence-corrected chi connectivity index (χ2v) is 5.15. The first kappa shape index (κ1) is 18.7. The number of nitrogens with one attached hydrogen (secondary N) is 1. The van der Waals surface area contributed by atoms with E-state index in [9.17, 15) is 19.7 Å². The van der Waals surface area contributed by atoms with E-state index in [2.05, 4.69) is 5.32 Å². The molecule has 1 aromatic carbocycles. The quantitative estimate of drug-likeness (QED) is 0.524. The van der Waals surface area contributed by atoms with E-state index in [1.807, 2.05) is 6.92 Å². The monoisotopic (exact) mass is 344 g/mol. The summed E-state index contributed by atoms with van der Waals surface area (Å²) in [6.07, 6.45) is 0.822. The zero-order chi connectivity index (χ0) is 17.4. The molecule has 0 saturated heterocycles. The highest BCUT2D eigenvalue weighted by Gasteiger charge is 2.19. The van der Waals surface area contributed by atoms with Gasteiger partial charge in [0.2, 0.25) is 5.91 Å². The fourth-order valence-electron chi connectivity index (χ4n) is 1.82. The number of rotatable bonds is 9. The molecule has 0 aliphatic rings. The van der Waals surface area contributed by atoms with Gasteiger partial charge in [0.25, 0.3) is 0 Å². The van der Waals surface area contributed by atoms with Crippen LogP contribution in [0.2, 0.25) is 5.02 Å². The van der Waals surface area contributed by atoms with Gasteiger partial charge in [0.05, 0.1) is 18.0 Å². The normalized spacial score (nSPS) is 11.6. The molecule has 1 rings (SSSR count). The average Bonchev–Trinajstić information content (AvgIpc) is 2.48. The highest BCUT2D eigenvalue weighted by Crippen LogP contribution is 2.29. The van der Waals surface area contributed by atoms with E-state index in [4.69, 9.17) is 21.4 Å². The molecule has 0 fully saturated rings. The maximum atomic E-state index is 11.7. The largest absolute Gasteiger partial charge is 0.486 e. The molecule has 1 amide bonds. The molecular formula is C14H17ClN2O6. The van der Waals surface area contributed by atoms with Crippen molar-refractivity contribution < 1.29 is 24.4 Å². The van der Waals surface area contributed by atoms with Crippen LogP contribution in [0.15, 0.2) is 18.2 Å². The number of aliphatic carboxylic acids is 1. The van der Waals surface area contributed by atoms with Gasteiger partial charge in [-0.2, -0.15) is 0 Å². The van der Waals surface area contributed by atoms with E-state index >= 15 is 0 Å². The van der Waals surface area contributed by atoms with Crippen LogP contribution in [0, 0.1) is 10.1 Å². The molecule has 0 aromatic heterocycles. The van der Waals surface area contributed by atoms with Gasteiger partial charge in [-0.25, -0.2) is 4.79 Å². The second-order valence-electron chi connectivity index (χ2n) is 4.71. The Bertz CT molecular complexity index is 593. The van der Waals surface area contributed by atoms with Crippen LogP contribution in [0.3, 0.4) is 0 Å². The van der Waals surface area contributed by atoms with Gasteiger partial charge in [0.1, 0.15) is 6.04 Å². The number of hydrogen-bond donors (Lipinski definition) is 2. The number of halogens is 1. The van der Waals surface area contributed by atoms with Crippen molar-refractivity contribution in [3.8, 4) is 5.75 Å². The van der Waals surface area contributed by atoms with E-state index in [1.54, 1.807) is 0 Å². The Morgan fingerprint density at radius 1 is 1.48 bits per heavy atom. The molecule has 1 aromatic rings. The summed E-state index contributed by atoms with van der Waals surface area (Å²) in [5.74, 6) is -1.60. The smallest absolute Gasteiger partial charge is 0.326 e. The van der Waals surface area contributed by atoms with Gasteiger partial charge in [-0.15, -0.1) is 0 Å². The van der Waals surface area contributed by atoms with Crippen LogP contribution in [-0.2, 0) is 9.59 Å². The second kappa shape index (κ2) is 8.94. The first-order chi connectivity index (χ1) is 10.8. The summed E-state index contributed by atoms with van der Waals surface area (Å²) in [4.78, 5) is 32.9. The number of amides is 1. The van der Waals surface area contributed by atoms with Crippen LogP contribution in [0.1, 0.15) is 26.2 Å². The Balaban J connectivity index is 2.55. The number of carboxylic acids is 1. The lowest BCUT2D eigenvalue weighted by Crippen LogP contribution is -2.41. The summed E-state index contributed by atoms with van der Waals surface area (Å²) in [7, 11) is 0. The SMILES string of the molecule is CCCC(NC(=O)CCOc1ccc(Cl)cc1[N+](=O)[O-])C(=O)O. The Kier molecular flexibility index (Phi) is 7.27. The highest BCUT2D eigenvalue weighted by molar-refractivity contribution is 6.30. The molecule has 0 aliphatic carbocycles. The van der Waals surface area contributed by atoms with Crippen molar-refractivity contribution in [3.63, 3.8) is 0 Å². The van der Waals surface area contributed by atoms with Gasteiger partial charge in [-0.1, -0.05) is 24.9 Å². The Morgan fingerprint density at radius 3 is 2.74 bits per heavy atom. The van der Waals surface area contributed by atoms with Crippen molar-refractivity contribution in [1.29, 1.82) is 0 Å². The number of ether oxygens (including phenoxy) is 1. The Labute approximate surface area is 137 Å². The van der Waals surface area contributed by atoms with Gasteiger partial charge in [0.15, 0.2) is 5.75 Å². The molecule has 0 heterocycles. The van der Waals surface area contributed by atoms with Gasteiger partial charge in [0, 0.05) is 11.1 Å². The minimum absolute atomic E-state index is 0.00413. The van der Waals surface area contributed by atoms with Crippen LogP contribution in [-0.4, -0.2) is 34.6 Å². The lowest BCUT2D eigenvalue weighted by atomic mass is 10.1. The lowest BCUT2D eigenvalue weighted by molar-refractivity contribution is -0.385. The van der Waals surface area contributed by atoms with Gasteiger partial charge in [-0.05, 0) is 18.6 Å². The molecule has 0 bridgehead atoms. The molecule has 0 radical (unpaired) electrons. The van der Waals surface area contributed by atoms with Crippen molar-refractivity contribution >= 4 is 29.2 Å². The summed E-state index contributed by atoms with van der Waals surface area (Å²) in [5.41, 5.74) is -0.299. The van der Waals surface area contributed by atoms with Crippen molar-refractivity contribution in [2.75, 3.05) is 6.61 Å². The number of carboxylic acid groups (broad SMARTS) is 1. The topological polar surface area (TPSA) is 119 Å². The first-order valence-electron chi connectivity index (χ1n) is 6.94. The molecule has 2 N–H and O–H groups in total. The van der Waals surface area contributed by atoms with E-state index in [0.717, 1.165) is 6.07 Å². The van der Waals surface area contributed by atoms with Crippen molar-refractivity contribution in [2.24, 2.45) is 0 Å². The highest BCUT2D eigenvalue weighted by atomic mass is 35.5. The predicted molar refractivity (Wildman–Crippen MR) is 82.7 cm³/mol. The van der Waals surface area contributed by atoms with Crippen LogP contribution in [0.25, 0.3) is 0 Å².